The lowest BCUT2D eigenvalue weighted by atomic mass is 10.0. The SMILES string of the molecule is [2H]Oc1cccc(C(=O)c2ccc(C)c(O[2H])c2O[2H])c1. The molecule has 0 aromatic heterocycles. The zero-order valence-electron chi connectivity index (χ0n) is 12.6. The van der Waals surface area contributed by atoms with Gasteiger partial charge in [0.25, 0.3) is 4.29 Å². The van der Waals surface area contributed by atoms with Crippen molar-refractivity contribution < 1.29 is 20.1 Å². The third kappa shape index (κ3) is 2.00. The standard InChI is InChI=1S/C14H12O4/c1-8-5-6-11(14(18)12(8)16)13(17)9-3-2-4-10(15)7-9/h2-7,15-16,18H,1H3/i/hD3. The van der Waals surface area contributed by atoms with E-state index < -0.39 is 5.78 Å². The van der Waals surface area contributed by atoms with Crippen molar-refractivity contribution in [2.24, 2.45) is 0 Å². The van der Waals surface area contributed by atoms with Crippen LogP contribution in [0.5, 0.6) is 17.2 Å². The van der Waals surface area contributed by atoms with E-state index in [1.807, 2.05) is 0 Å². The number of carbonyl (C=O) groups excluding carboxylic acids is 1. The van der Waals surface area contributed by atoms with Crippen LogP contribution in [0.1, 0.15) is 21.5 Å². The first-order valence-electron chi connectivity index (χ1n) is 6.52. The number of aryl methyl sites for hydroxylation is 1. The van der Waals surface area contributed by atoms with Crippen molar-refractivity contribution in [3.63, 3.8) is 0 Å². The largest absolute Gasteiger partial charge is 0.508 e. The second-order valence-electron chi connectivity index (χ2n) is 3.95. The number of rotatable bonds is 5. The average Bonchev–Trinajstić information content (AvgIpc) is 2.53. The minimum atomic E-state index is -0.422. The summed E-state index contributed by atoms with van der Waals surface area (Å²) in [6.45, 7) is 1.68. The molecule has 0 bridgehead atoms. The van der Waals surface area contributed by atoms with Crippen LogP contribution < -0.4 is 0 Å². The van der Waals surface area contributed by atoms with Crippen LogP contribution in [0.4, 0.5) is 0 Å². The Morgan fingerprint density at radius 2 is 1.94 bits per heavy atom. The smallest absolute Gasteiger partial charge is 0.293 e. The first-order chi connectivity index (χ1) is 10.1. The summed E-state index contributed by atoms with van der Waals surface area (Å²) in [5.74, 6) is -0.302. The van der Waals surface area contributed by atoms with Gasteiger partial charge < -0.3 is 15.3 Å². The molecule has 0 spiro atoms. The average molecular weight is 247 g/mol. The maximum atomic E-state index is 12.5. The Kier molecular flexibility index (Phi) is 2.10. The number of hydrogen-bond donors (Lipinski definition) is 3. The van der Waals surface area contributed by atoms with Gasteiger partial charge in [-0.1, -0.05) is 18.2 Å². The molecule has 0 saturated carbocycles. The van der Waals surface area contributed by atoms with Gasteiger partial charge in [0.05, 0.1) is 5.56 Å². The van der Waals surface area contributed by atoms with Crippen LogP contribution in [-0.2, 0) is 0 Å². The van der Waals surface area contributed by atoms with Crippen molar-refractivity contribution in [3.05, 3.63) is 53.1 Å². The monoisotopic (exact) mass is 247 g/mol. The van der Waals surface area contributed by atoms with Crippen LogP contribution in [0.15, 0.2) is 36.4 Å². The van der Waals surface area contributed by atoms with Crippen LogP contribution in [0.2, 0.25) is 0 Å². The number of phenols is 3. The highest BCUT2D eigenvalue weighted by Gasteiger charge is 2.17. The molecule has 2 aromatic carbocycles. The molecule has 0 radical (unpaired) electrons. The summed E-state index contributed by atoms with van der Waals surface area (Å²) in [4.78, 5) is 12.5. The number of carbonyl (C=O) groups is 1. The van der Waals surface area contributed by atoms with E-state index in [0.717, 1.165) is 0 Å². The third-order valence-corrected chi connectivity index (χ3v) is 2.65. The molecule has 0 atom stereocenters. The minimum absolute atomic E-state index is 0.0174. The number of benzene rings is 2. The highest BCUT2D eigenvalue weighted by atomic mass is 16.3. The molecule has 0 heterocycles. The Labute approximate surface area is 108 Å². The molecule has 0 amide bonds. The van der Waals surface area contributed by atoms with Gasteiger partial charge in [-0.15, -0.1) is 0 Å². The molecule has 0 aliphatic heterocycles. The first kappa shape index (κ1) is 8.58. The molecule has 0 fully saturated rings. The van der Waals surface area contributed by atoms with E-state index in [4.69, 9.17) is 4.29 Å². The first-order valence-corrected chi connectivity index (χ1v) is 5.30. The Morgan fingerprint density at radius 1 is 1.11 bits per heavy atom. The van der Waals surface area contributed by atoms with Crippen molar-refractivity contribution in [3.8, 4) is 17.2 Å². The molecule has 92 valence electrons. The van der Waals surface area contributed by atoms with Crippen molar-refractivity contribution in [1.29, 1.82) is 4.29 Å². The Morgan fingerprint density at radius 3 is 2.67 bits per heavy atom. The van der Waals surface area contributed by atoms with Gasteiger partial charge in [-0.25, -0.2) is 0 Å². The topological polar surface area (TPSA) is 77.8 Å². The van der Waals surface area contributed by atoms with Crippen molar-refractivity contribution >= 4 is 5.78 Å². The van der Waals surface area contributed by atoms with Crippen LogP contribution in [0.25, 0.3) is 0 Å². The quantitative estimate of drug-likeness (QED) is 0.559. The molecule has 18 heavy (non-hydrogen) atoms. The number of phenolic OH excluding ortho intramolecular Hbond substituents is 3. The molecule has 2 aromatic rings. The summed E-state index contributed by atoms with van der Waals surface area (Å²) >= 11 is 0. The zero-order valence-corrected chi connectivity index (χ0v) is 9.60. The third-order valence-electron chi connectivity index (χ3n) is 2.65. The van der Waals surface area contributed by atoms with E-state index in [9.17, 15) is 4.79 Å². The van der Waals surface area contributed by atoms with Gasteiger partial charge >= 0.3 is 0 Å². The molecule has 4 heteroatoms. The second kappa shape index (κ2) is 4.41. The normalized spacial score (nSPS) is 11.9. The summed E-state index contributed by atoms with van der Waals surface area (Å²) < 4.78 is 21.0. The summed E-state index contributed by atoms with van der Waals surface area (Å²) in [6.07, 6.45) is 0. The summed E-state index contributed by atoms with van der Waals surface area (Å²) in [5.41, 5.74) is 0.949. The van der Waals surface area contributed by atoms with Crippen LogP contribution in [0.3, 0.4) is 0 Å². The Hall–Kier alpha value is -2.49. The summed E-state index contributed by atoms with van der Waals surface area (Å²) in [7, 11) is 0. The Balaban J connectivity index is 2.52. The van der Waals surface area contributed by atoms with E-state index in [2.05, 4.69) is 15.3 Å². The maximum absolute atomic E-state index is 12.5. The van der Waals surface area contributed by atoms with E-state index in [1.54, 1.807) is 31.2 Å². The highest BCUT2D eigenvalue weighted by molar-refractivity contribution is 6.11. The molecule has 0 aliphatic rings. The maximum Gasteiger partial charge on any atom is 0.293 e. The fourth-order valence-corrected chi connectivity index (χ4v) is 1.63. The van der Waals surface area contributed by atoms with E-state index in [0.29, 0.717) is 5.56 Å². The van der Waals surface area contributed by atoms with Gasteiger partial charge in [0.1, 0.15) is 5.75 Å². The van der Waals surface area contributed by atoms with E-state index >= 15 is 0 Å². The molecular weight excluding hydrogens is 232 g/mol. The predicted molar refractivity (Wildman–Crippen MR) is 66.0 cm³/mol. The van der Waals surface area contributed by atoms with Crippen molar-refractivity contribution in [2.45, 2.75) is 6.92 Å². The van der Waals surface area contributed by atoms with Crippen LogP contribution in [0, 0.1) is 6.92 Å². The lowest BCUT2D eigenvalue weighted by molar-refractivity contribution is 0.103. The minimum Gasteiger partial charge on any atom is -0.508 e. The van der Waals surface area contributed by atoms with Gasteiger partial charge in [-0.05, 0) is 30.7 Å². The molecule has 4 nitrogen and oxygen atoms in total. The van der Waals surface area contributed by atoms with Gasteiger partial charge in [-0.3, -0.25) is 4.79 Å². The lowest BCUT2D eigenvalue weighted by Gasteiger charge is -2.07. The van der Waals surface area contributed by atoms with Crippen LogP contribution in [-0.4, -0.2) is 25.4 Å². The summed E-state index contributed by atoms with van der Waals surface area (Å²) in [6, 6.07) is 9.18. The number of hydrogen-bond acceptors (Lipinski definition) is 4. The molecule has 3 N–H and O–H groups in total. The lowest BCUT2D eigenvalue weighted by Crippen LogP contribution is -2.01. The highest BCUT2D eigenvalue weighted by Crippen LogP contribution is 2.33. The van der Waals surface area contributed by atoms with Gasteiger partial charge in [0.15, 0.2) is 17.3 Å². The second-order valence-corrected chi connectivity index (χ2v) is 3.95. The molecular formula is C14H12O4. The molecule has 0 saturated heterocycles. The number of aromatic hydroxyl groups is 3. The Bertz CT molecular complexity index is 673. The fraction of sp³-hybridized carbons (Fsp3) is 0.0714. The van der Waals surface area contributed by atoms with Gasteiger partial charge in [0, 0.05) is 5.56 Å². The molecule has 0 unspecified atom stereocenters. The zero-order chi connectivity index (χ0) is 15.4. The van der Waals surface area contributed by atoms with E-state index in [1.165, 1.54) is 12.1 Å². The summed E-state index contributed by atoms with van der Waals surface area (Å²) in [5, 5.41) is 13.2. The number of ketones is 1. The van der Waals surface area contributed by atoms with Gasteiger partial charge in [-0.2, -0.15) is 0 Å². The van der Waals surface area contributed by atoms with Gasteiger partial charge in [0.2, 0.25) is 0 Å². The van der Waals surface area contributed by atoms with Crippen molar-refractivity contribution in [1.82, 2.24) is 0 Å². The molecule has 0 aliphatic carbocycles. The molecule has 2 rings (SSSR count). The van der Waals surface area contributed by atoms with Crippen molar-refractivity contribution in [2.75, 3.05) is 0 Å². The van der Waals surface area contributed by atoms with E-state index in [-0.39, 0.29) is 28.4 Å². The predicted octanol–water partition coefficient (Wildman–Crippen LogP) is 2.34. The fourth-order valence-electron chi connectivity index (χ4n) is 1.63. The van der Waals surface area contributed by atoms with Crippen LogP contribution >= 0.6 is 0 Å².